The lowest BCUT2D eigenvalue weighted by Crippen LogP contribution is -2.40. The first kappa shape index (κ1) is 62.4. The van der Waals surface area contributed by atoms with E-state index in [0.717, 1.165) is 96.3 Å². The summed E-state index contributed by atoms with van der Waals surface area (Å²) >= 11 is 0. The highest BCUT2D eigenvalue weighted by molar-refractivity contribution is 5.71. The monoisotopic (exact) mass is 931 g/mol. The number of ether oxygens (including phenoxy) is 4. The van der Waals surface area contributed by atoms with E-state index in [4.69, 9.17) is 18.9 Å². The normalized spacial score (nSPS) is 14.0. The van der Waals surface area contributed by atoms with Crippen LogP contribution in [-0.4, -0.2) is 87.4 Å². The molecule has 9 heteroatoms. The van der Waals surface area contributed by atoms with Crippen molar-refractivity contribution >= 4 is 17.9 Å². The van der Waals surface area contributed by atoms with Crippen LogP contribution < -0.4 is 0 Å². The molecule has 0 aromatic carbocycles. The summed E-state index contributed by atoms with van der Waals surface area (Å²) in [6.45, 7) is 4.51. The van der Waals surface area contributed by atoms with E-state index in [1.54, 1.807) is 0 Å². The van der Waals surface area contributed by atoms with E-state index in [9.17, 15) is 19.5 Å². The van der Waals surface area contributed by atoms with Gasteiger partial charge in [-0.25, -0.2) is 4.79 Å². The maximum absolute atomic E-state index is 12.8. The Labute approximate surface area is 408 Å². The van der Waals surface area contributed by atoms with Crippen LogP contribution >= 0.6 is 0 Å². The van der Waals surface area contributed by atoms with Crippen LogP contribution in [0.1, 0.15) is 155 Å². The lowest BCUT2D eigenvalue weighted by atomic mass is 10.1. The van der Waals surface area contributed by atoms with E-state index >= 15 is 0 Å². The zero-order valence-corrected chi connectivity index (χ0v) is 42.5. The van der Waals surface area contributed by atoms with Crippen LogP contribution in [-0.2, 0) is 33.3 Å². The first-order valence-corrected chi connectivity index (χ1v) is 25.3. The Morgan fingerprint density at radius 2 is 0.836 bits per heavy atom. The van der Waals surface area contributed by atoms with Gasteiger partial charge in [0.2, 0.25) is 0 Å². The Hall–Kier alpha value is -4.57. The molecule has 0 spiro atoms. The molecule has 0 aromatic rings. The van der Waals surface area contributed by atoms with Gasteiger partial charge in [-0.15, -0.1) is 0 Å². The molecule has 0 rings (SSSR count). The molecular formula is C58H92NO8+. The standard InChI is InChI=1S/C58H91NO8/c1-6-8-10-12-14-16-18-20-22-24-26-27-28-29-31-32-34-36-38-40-42-44-46-48-55(60)65-52-54(53-66-58(57(62)63)64-51-50-59(3,4)5)67-56(61)49-47-45-43-41-39-37-35-33-30-25-23-21-19-17-15-13-11-9-7-2/h8-11,14-17,20-23,26-27,29-31,33,37,39,43,45,54,58H,6-7,12-13,18-19,24-25,28,32,34-36,38,40-42,44,46-53H2,1-5H3/p+1/b10-8-,11-9-,16-14-,17-15-,22-20-,23-21-,27-26-,31-29-,33-30-,39-37-,45-43-. The van der Waals surface area contributed by atoms with Crippen molar-refractivity contribution < 1.29 is 42.9 Å². The molecule has 2 atom stereocenters. The summed E-state index contributed by atoms with van der Waals surface area (Å²) in [6.07, 6.45) is 65.3. The highest BCUT2D eigenvalue weighted by Gasteiger charge is 2.25. The minimum absolute atomic E-state index is 0.123. The Morgan fingerprint density at radius 1 is 0.448 bits per heavy atom. The number of carbonyl (C=O) groups excluding carboxylic acids is 2. The highest BCUT2D eigenvalue weighted by atomic mass is 16.7. The molecule has 0 radical (unpaired) electrons. The summed E-state index contributed by atoms with van der Waals surface area (Å²) < 4.78 is 22.7. The topological polar surface area (TPSA) is 108 Å². The fourth-order valence-electron chi connectivity index (χ4n) is 6.06. The summed E-state index contributed by atoms with van der Waals surface area (Å²) in [5.74, 6) is -2.16. The summed E-state index contributed by atoms with van der Waals surface area (Å²) in [7, 11) is 5.92. The molecule has 1 N–H and O–H groups in total. The Morgan fingerprint density at radius 3 is 1.25 bits per heavy atom. The van der Waals surface area contributed by atoms with Gasteiger partial charge in [-0.05, 0) is 96.3 Å². The number of hydrogen-bond donors (Lipinski definition) is 1. The second kappa shape index (κ2) is 47.9. The third kappa shape index (κ3) is 49.2. The van der Waals surface area contributed by atoms with Crippen molar-refractivity contribution in [1.82, 2.24) is 0 Å². The van der Waals surface area contributed by atoms with E-state index in [1.807, 2.05) is 33.3 Å². The number of likely N-dealkylation sites (N-methyl/N-ethyl adjacent to an activating group) is 1. The molecule has 0 amide bonds. The summed E-state index contributed by atoms with van der Waals surface area (Å²) in [5, 5.41) is 9.67. The number of unbranched alkanes of at least 4 members (excludes halogenated alkanes) is 7. The average Bonchev–Trinajstić information content (AvgIpc) is 3.29. The molecule has 0 saturated heterocycles. The van der Waals surface area contributed by atoms with Crippen LogP contribution in [0.15, 0.2) is 134 Å². The number of hydrogen-bond acceptors (Lipinski definition) is 7. The minimum atomic E-state index is -1.54. The molecule has 0 aromatic heterocycles. The molecule has 376 valence electrons. The molecule has 9 nitrogen and oxygen atoms in total. The van der Waals surface area contributed by atoms with Crippen LogP contribution in [0.5, 0.6) is 0 Å². The maximum Gasteiger partial charge on any atom is 0.361 e. The number of esters is 2. The lowest BCUT2D eigenvalue weighted by Gasteiger charge is -2.25. The van der Waals surface area contributed by atoms with E-state index in [1.165, 1.54) is 19.3 Å². The zero-order chi connectivity index (χ0) is 49.2. The second-order valence-corrected chi connectivity index (χ2v) is 17.4. The molecule has 0 aliphatic carbocycles. The fourth-order valence-corrected chi connectivity index (χ4v) is 6.06. The first-order chi connectivity index (χ1) is 32.6. The Balaban J connectivity index is 4.50. The molecule has 0 heterocycles. The van der Waals surface area contributed by atoms with Crippen molar-refractivity contribution in [3.05, 3.63) is 134 Å². The van der Waals surface area contributed by atoms with Gasteiger partial charge in [0, 0.05) is 12.8 Å². The minimum Gasteiger partial charge on any atom is -0.477 e. The predicted octanol–water partition coefficient (Wildman–Crippen LogP) is 14.3. The van der Waals surface area contributed by atoms with E-state index in [-0.39, 0.29) is 38.6 Å². The van der Waals surface area contributed by atoms with Gasteiger partial charge in [-0.1, -0.05) is 180 Å². The number of carbonyl (C=O) groups is 3. The summed E-state index contributed by atoms with van der Waals surface area (Å²) in [5.41, 5.74) is 0. The van der Waals surface area contributed by atoms with Crippen molar-refractivity contribution in [3.63, 3.8) is 0 Å². The SMILES string of the molecule is CC/C=C\C/C=C\C/C=C\C/C=C\C/C=C\C/C=C\CCC(=O)OC(COC(=O)CCCCCCCCC/C=C\C/C=C\C/C=C\C/C=C\C/C=C\CC)COC(OCC[N+](C)(C)C)C(=O)O. The van der Waals surface area contributed by atoms with Gasteiger partial charge < -0.3 is 28.5 Å². The van der Waals surface area contributed by atoms with Crippen molar-refractivity contribution in [2.24, 2.45) is 0 Å². The highest BCUT2D eigenvalue weighted by Crippen LogP contribution is 2.12. The molecule has 0 aliphatic heterocycles. The van der Waals surface area contributed by atoms with Gasteiger partial charge in [0.1, 0.15) is 13.2 Å². The van der Waals surface area contributed by atoms with E-state index in [0.29, 0.717) is 23.9 Å². The Kier molecular flexibility index (Phi) is 44.6. The number of aliphatic carboxylic acids is 1. The molecule has 0 saturated carbocycles. The van der Waals surface area contributed by atoms with Gasteiger partial charge >= 0.3 is 17.9 Å². The summed E-state index contributed by atoms with van der Waals surface area (Å²) in [6, 6.07) is 0. The number of carboxylic acids is 1. The third-order valence-electron chi connectivity index (χ3n) is 9.92. The maximum atomic E-state index is 12.8. The molecule has 2 unspecified atom stereocenters. The lowest BCUT2D eigenvalue weighted by molar-refractivity contribution is -0.870. The molecule has 0 aliphatic rings. The van der Waals surface area contributed by atoms with Crippen LogP contribution in [0.2, 0.25) is 0 Å². The van der Waals surface area contributed by atoms with Gasteiger partial charge in [0.05, 0.1) is 34.4 Å². The van der Waals surface area contributed by atoms with Gasteiger partial charge in [0.15, 0.2) is 6.10 Å². The smallest absolute Gasteiger partial charge is 0.361 e. The average molecular weight is 931 g/mol. The molecular weight excluding hydrogens is 839 g/mol. The third-order valence-corrected chi connectivity index (χ3v) is 9.92. The van der Waals surface area contributed by atoms with Crippen LogP contribution in [0.4, 0.5) is 0 Å². The molecule has 67 heavy (non-hydrogen) atoms. The first-order valence-electron chi connectivity index (χ1n) is 25.3. The predicted molar refractivity (Wildman–Crippen MR) is 281 cm³/mol. The number of carboxylic acid groups (broad SMARTS) is 1. The van der Waals surface area contributed by atoms with Crippen molar-refractivity contribution in [2.45, 2.75) is 167 Å². The van der Waals surface area contributed by atoms with Gasteiger partial charge in [-0.2, -0.15) is 0 Å². The fraction of sp³-hybridized carbons (Fsp3) is 0.569. The Bertz CT molecular complexity index is 1550. The van der Waals surface area contributed by atoms with E-state index < -0.39 is 24.3 Å². The molecule has 0 bridgehead atoms. The second-order valence-electron chi connectivity index (χ2n) is 17.4. The number of allylic oxidation sites excluding steroid dienone is 22. The van der Waals surface area contributed by atoms with Crippen molar-refractivity contribution in [2.75, 3.05) is 47.5 Å². The van der Waals surface area contributed by atoms with Gasteiger partial charge in [0.25, 0.3) is 6.29 Å². The summed E-state index contributed by atoms with van der Waals surface area (Å²) in [4.78, 5) is 37.3. The largest absolute Gasteiger partial charge is 0.477 e. The van der Waals surface area contributed by atoms with Crippen LogP contribution in [0.25, 0.3) is 0 Å². The molecule has 0 fully saturated rings. The van der Waals surface area contributed by atoms with Gasteiger partial charge in [-0.3, -0.25) is 9.59 Å². The van der Waals surface area contributed by atoms with Crippen molar-refractivity contribution in [3.8, 4) is 0 Å². The van der Waals surface area contributed by atoms with Crippen molar-refractivity contribution in [1.29, 1.82) is 0 Å². The quantitative estimate of drug-likeness (QED) is 0.0212. The van der Waals surface area contributed by atoms with E-state index in [2.05, 4.69) is 135 Å². The number of nitrogens with zero attached hydrogens (tertiary/aromatic N) is 1. The van der Waals surface area contributed by atoms with Crippen LogP contribution in [0.3, 0.4) is 0 Å². The zero-order valence-electron chi connectivity index (χ0n) is 42.5. The number of quaternary nitrogens is 1. The number of rotatable bonds is 44. The van der Waals surface area contributed by atoms with Crippen LogP contribution in [0, 0.1) is 0 Å².